The number of benzene rings is 1. The van der Waals surface area contributed by atoms with Crippen molar-refractivity contribution in [3.63, 3.8) is 0 Å². The summed E-state index contributed by atoms with van der Waals surface area (Å²) in [6.07, 6.45) is -0.862. The van der Waals surface area contributed by atoms with Gasteiger partial charge in [0.2, 0.25) is 0 Å². The molecule has 0 aliphatic heterocycles. The smallest absolute Gasteiger partial charge is 0.441 e. The number of aliphatic carboxylic acids is 1. The first kappa shape index (κ1) is 16.2. The van der Waals surface area contributed by atoms with E-state index in [-0.39, 0.29) is 5.56 Å². The molecule has 1 fully saturated rings. The first-order valence-electron chi connectivity index (χ1n) is 6.84. The van der Waals surface area contributed by atoms with Crippen molar-refractivity contribution in [2.75, 3.05) is 0 Å². The molecular weight excluding hydrogens is 298 g/mol. The Morgan fingerprint density at radius 2 is 1.73 bits per heavy atom. The number of hydrogen-bond acceptors (Lipinski definition) is 5. The second kappa shape index (κ2) is 5.90. The minimum absolute atomic E-state index is 0.178. The Bertz CT molecular complexity index is 562. The largest absolute Gasteiger partial charge is 0.541 e. The maximum atomic E-state index is 12.8. The summed E-state index contributed by atoms with van der Waals surface area (Å²) >= 11 is 0. The Morgan fingerprint density at radius 1 is 1.18 bits per heavy atom. The van der Waals surface area contributed by atoms with Crippen LogP contribution in [0.4, 0.5) is 8.78 Å². The van der Waals surface area contributed by atoms with E-state index < -0.39 is 29.4 Å². The van der Waals surface area contributed by atoms with Crippen LogP contribution >= 0.6 is 0 Å². The van der Waals surface area contributed by atoms with Gasteiger partial charge in [0.15, 0.2) is 5.97 Å². The zero-order valence-corrected chi connectivity index (χ0v) is 11.9. The van der Waals surface area contributed by atoms with E-state index in [4.69, 9.17) is 4.74 Å². The molecule has 0 N–H and O–H groups in total. The van der Waals surface area contributed by atoms with Crippen LogP contribution in [0.15, 0.2) is 24.3 Å². The maximum Gasteiger partial charge on any atom is 0.441 e. The van der Waals surface area contributed by atoms with Crippen molar-refractivity contribution in [1.29, 1.82) is 0 Å². The lowest BCUT2D eigenvalue weighted by Crippen LogP contribution is -2.45. The highest BCUT2D eigenvalue weighted by Gasteiger charge is 2.34. The summed E-state index contributed by atoms with van der Waals surface area (Å²) in [6.45, 7) is 1.86. The summed E-state index contributed by atoms with van der Waals surface area (Å²) in [5.41, 5.74) is -0.314. The number of carbonyl (C=O) groups excluding carboxylic acids is 2. The lowest BCUT2D eigenvalue weighted by Gasteiger charge is -2.24. The van der Waals surface area contributed by atoms with Gasteiger partial charge in [-0.05, 0) is 56.9 Å². The molecule has 1 aromatic rings. The van der Waals surface area contributed by atoms with Crippen LogP contribution in [0.2, 0.25) is 0 Å². The molecule has 0 saturated heterocycles. The monoisotopic (exact) mass is 313 g/mol. The number of hydrogen-bond donors (Lipinski definition) is 0. The fourth-order valence-corrected chi connectivity index (χ4v) is 2.36. The predicted octanol–water partition coefficient (Wildman–Crippen LogP) is 1.90. The molecule has 2 rings (SSSR count). The first-order chi connectivity index (χ1) is 10.2. The molecule has 1 aromatic carbocycles. The number of carboxylic acids is 1. The van der Waals surface area contributed by atoms with E-state index in [1.54, 1.807) is 0 Å². The molecule has 0 heterocycles. The molecule has 1 aliphatic carbocycles. The topological polar surface area (TPSA) is 75.7 Å². The lowest BCUT2D eigenvalue weighted by atomic mass is 10.1. The lowest BCUT2D eigenvalue weighted by molar-refractivity contribution is -0.350. The highest BCUT2D eigenvalue weighted by molar-refractivity contribution is 5.89. The molecule has 0 bridgehead atoms. The summed E-state index contributed by atoms with van der Waals surface area (Å²) in [5.74, 6) is -3.58. The number of carboxylic acid groups (broad SMARTS) is 1. The van der Waals surface area contributed by atoms with Gasteiger partial charge in [-0.2, -0.15) is 8.78 Å². The minimum Gasteiger partial charge on any atom is -0.541 e. The van der Waals surface area contributed by atoms with Gasteiger partial charge in [-0.15, -0.1) is 0 Å². The molecule has 7 heteroatoms. The number of esters is 1. The third-order valence-corrected chi connectivity index (χ3v) is 3.57. The van der Waals surface area contributed by atoms with Crippen molar-refractivity contribution in [3.05, 3.63) is 29.8 Å². The van der Waals surface area contributed by atoms with Gasteiger partial charge in [-0.25, -0.2) is 4.79 Å². The van der Waals surface area contributed by atoms with Crippen molar-refractivity contribution in [1.82, 2.24) is 0 Å². The van der Waals surface area contributed by atoms with Crippen molar-refractivity contribution in [3.8, 4) is 5.75 Å². The highest BCUT2D eigenvalue weighted by atomic mass is 19.3. The van der Waals surface area contributed by atoms with Gasteiger partial charge in [-0.1, -0.05) is 0 Å². The number of alkyl halides is 2. The molecule has 0 atom stereocenters. The van der Waals surface area contributed by atoms with Crippen LogP contribution in [0.1, 0.15) is 43.0 Å². The Hall–Kier alpha value is -2.18. The quantitative estimate of drug-likeness (QED) is 0.776. The molecule has 22 heavy (non-hydrogen) atoms. The second-order valence-electron chi connectivity index (χ2n) is 5.48. The van der Waals surface area contributed by atoms with Gasteiger partial charge < -0.3 is 19.4 Å². The van der Waals surface area contributed by atoms with Crippen molar-refractivity contribution in [2.24, 2.45) is 0 Å². The summed E-state index contributed by atoms with van der Waals surface area (Å²) in [7, 11) is 0. The molecule has 0 spiro atoms. The van der Waals surface area contributed by atoms with E-state index in [2.05, 4.69) is 4.74 Å². The average Bonchev–Trinajstić information content (AvgIpc) is 2.85. The number of halogens is 2. The Labute approximate surface area is 125 Å². The molecule has 0 amide bonds. The van der Waals surface area contributed by atoms with Crippen LogP contribution in [0, 0.1) is 0 Å². The molecule has 120 valence electrons. The predicted molar refractivity (Wildman–Crippen MR) is 69.3 cm³/mol. The van der Waals surface area contributed by atoms with Crippen molar-refractivity contribution >= 4 is 11.9 Å². The van der Waals surface area contributed by atoms with Crippen LogP contribution in [-0.4, -0.2) is 23.6 Å². The second-order valence-corrected chi connectivity index (χ2v) is 5.48. The van der Waals surface area contributed by atoms with Gasteiger partial charge in [0.1, 0.15) is 11.4 Å². The van der Waals surface area contributed by atoms with Crippen LogP contribution in [0.5, 0.6) is 5.75 Å². The van der Waals surface area contributed by atoms with Gasteiger partial charge in [0.25, 0.3) is 0 Å². The molecule has 1 saturated carbocycles. The number of ether oxygens (including phenoxy) is 2. The number of carbonyl (C=O) groups is 2. The van der Waals surface area contributed by atoms with Gasteiger partial charge in [-0.3, -0.25) is 0 Å². The Kier molecular flexibility index (Phi) is 4.35. The summed E-state index contributed by atoms with van der Waals surface area (Å²) < 4.78 is 35.1. The van der Waals surface area contributed by atoms with Crippen LogP contribution in [0.3, 0.4) is 0 Å². The third kappa shape index (κ3) is 3.72. The zero-order chi connectivity index (χ0) is 16.4. The standard InChI is InChI=1S/C15H16F2O5/c1-14(8-2-3-9-14)22-12(18)10-4-6-11(7-5-10)21-15(16,17)13(19)20/h4-7H,2-3,8-9H2,1H3,(H,19,20)/p-1. The Balaban J connectivity index is 2.02. The van der Waals surface area contributed by atoms with Gasteiger partial charge in [0.05, 0.1) is 5.56 Å². The molecule has 0 aromatic heterocycles. The van der Waals surface area contributed by atoms with E-state index >= 15 is 0 Å². The zero-order valence-electron chi connectivity index (χ0n) is 11.9. The fraction of sp³-hybridized carbons (Fsp3) is 0.467. The minimum atomic E-state index is -4.43. The highest BCUT2D eigenvalue weighted by Crippen LogP contribution is 2.33. The van der Waals surface area contributed by atoms with Crippen LogP contribution < -0.4 is 9.84 Å². The Morgan fingerprint density at radius 3 is 2.23 bits per heavy atom. The number of rotatable bonds is 5. The van der Waals surface area contributed by atoms with Gasteiger partial charge in [0, 0.05) is 0 Å². The van der Waals surface area contributed by atoms with E-state index in [1.165, 1.54) is 12.1 Å². The molecule has 1 aliphatic rings. The van der Waals surface area contributed by atoms with E-state index in [9.17, 15) is 23.5 Å². The normalized spacial score (nSPS) is 17.0. The van der Waals surface area contributed by atoms with Gasteiger partial charge >= 0.3 is 12.1 Å². The molecule has 0 radical (unpaired) electrons. The maximum absolute atomic E-state index is 12.8. The molecular formula is C15H15F2O5-. The third-order valence-electron chi connectivity index (χ3n) is 3.57. The molecule has 0 unspecified atom stereocenters. The van der Waals surface area contributed by atoms with Crippen LogP contribution in [0.25, 0.3) is 0 Å². The average molecular weight is 313 g/mol. The van der Waals surface area contributed by atoms with Crippen molar-refractivity contribution < 1.29 is 33.0 Å². The fourth-order valence-electron chi connectivity index (χ4n) is 2.36. The van der Waals surface area contributed by atoms with Crippen LogP contribution in [-0.2, 0) is 9.53 Å². The van der Waals surface area contributed by atoms with E-state index in [0.717, 1.165) is 37.8 Å². The first-order valence-corrected chi connectivity index (χ1v) is 6.84. The summed E-state index contributed by atoms with van der Waals surface area (Å²) in [5, 5.41) is 10.2. The SMILES string of the molecule is CC1(OC(=O)c2ccc(OC(F)(F)C(=O)[O-])cc2)CCCC1. The van der Waals surface area contributed by atoms with Crippen molar-refractivity contribution in [2.45, 2.75) is 44.3 Å². The summed E-state index contributed by atoms with van der Waals surface area (Å²) in [6, 6.07) is 4.62. The molecule has 5 nitrogen and oxygen atoms in total. The summed E-state index contributed by atoms with van der Waals surface area (Å²) in [4.78, 5) is 22.2. The van der Waals surface area contributed by atoms with E-state index in [0.29, 0.717) is 0 Å². The van der Waals surface area contributed by atoms with E-state index in [1.807, 2.05) is 6.92 Å².